The minimum Gasteiger partial charge on any atom is -0.459 e. The van der Waals surface area contributed by atoms with E-state index in [0.29, 0.717) is 19.0 Å². The van der Waals surface area contributed by atoms with Crippen LogP contribution in [0.2, 0.25) is 0 Å². The Labute approximate surface area is 181 Å². The second-order valence-electron chi connectivity index (χ2n) is 6.11. The topological polar surface area (TPSA) is 110 Å². The molecule has 0 bridgehead atoms. The number of furan rings is 1. The van der Waals surface area contributed by atoms with E-state index in [9.17, 15) is 8.42 Å². The van der Waals surface area contributed by atoms with Crippen molar-refractivity contribution in [1.82, 2.24) is 10.6 Å². The molecule has 0 aliphatic heterocycles. The molecule has 0 atom stereocenters. The minimum atomic E-state index is -3.68. The molecule has 0 unspecified atom stereocenters. The lowest BCUT2D eigenvalue weighted by Crippen LogP contribution is -2.36. The zero-order valence-electron chi connectivity index (χ0n) is 15.6. The van der Waals surface area contributed by atoms with Crippen LogP contribution in [-0.4, -0.2) is 21.4 Å². The Morgan fingerprint density at radius 2 is 1.71 bits per heavy atom. The molecule has 1 aromatic heterocycles. The fraction of sp³-hybridized carbons (Fsp3) is 0.211. The Morgan fingerprint density at radius 1 is 1.07 bits per heavy atom. The van der Waals surface area contributed by atoms with Crippen molar-refractivity contribution in [3.05, 3.63) is 65.4 Å². The fourth-order valence-corrected chi connectivity index (χ4v) is 3.28. The minimum absolute atomic E-state index is 0. The van der Waals surface area contributed by atoms with Gasteiger partial charge < -0.3 is 15.1 Å². The third-order valence-corrected chi connectivity index (χ3v) is 5.22. The lowest BCUT2D eigenvalue weighted by molar-refractivity contribution is 0.534. The maximum atomic E-state index is 11.3. The molecule has 150 valence electrons. The number of guanidine groups is 1. The zero-order chi connectivity index (χ0) is 19.4. The molecule has 0 saturated heterocycles. The molecule has 0 saturated carbocycles. The van der Waals surface area contributed by atoms with E-state index in [1.807, 2.05) is 31.2 Å². The molecule has 28 heavy (non-hydrogen) atoms. The van der Waals surface area contributed by atoms with Gasteiger partial charge in [0.05, 0.1) is 11.4 Å². The van der Waals surface area contributed by atoms with Gasteiger partial charge in [-0.2, -0.15) is 0 Å². The third-order valence-electron chi connectivity index (χ3n) is 4.29. The molecule has 0 spiro atoms. The van der Waals surface area contributed by atoms with Gasteiger partial charge in [0.25, 0.3) is 0 Å². The monoisotopic (exact) mass is 514 g/mol. The Balaban J connectivity index is 0.00000280. The van der Waals surface area contributed by atoms with Gasteiger partial charge in [-0.15, -0.1) is 24.0 Å². The summed E-state index contributed by atoms with van der Waals surface area (Å²) in [5.41, 5.74) is 2.88. The van der Waals surface area contributed by atoms with E-state index in [1.54, 1.807) is 19.2 Å². The molecule has 9 heteroatoms. The van der Waals surface area contributed by atoms with Crippen molar-refractivity contribution < 1.29 is 12.8 Å². The highest BCUT2D eigenvalue weighted by Crippen LogP contribution is 2.24. The second-order valence-corrected chi connectivity index (χ2v) is 7.68. The van der Waals surface area contributed by atoms with Gasteiger partial charge >= 0.3 is 0 Å². The standard InChI is InChI=1S/C19H22N4O3S.HI/c1-13-16-5-3-4-6-17(16)26-18(13)12-23-19(21-2)22-11-14-7-9-15(10-8-14)27(20,24)25;/h3-10H,11-12H2,1-2H3,(H2,20,24,25)(H2,21,22,23);1H. The predicted octanol–water partition coefficient (Wildman–Crippen LogP) is 2.87. The first-order valence-electron chi connectivity index (χ1n) is 8.42. The summed E-state index contributed by atoms with van der Waals surface area (Å²) in [6.45, 7) is 3.03. The number of nitrogens with two attached hydrogens (primary N) is 1. The molecular weight excluding hydrogens is 491 g/mol. The molecule has 0 amide bonds. The van der Waals surface area contributed by atoms with Crippen LogP contribution < -0.4 is 15.8 Å². The van der Waals surface area contributed by atoms with Crippen LogP contribution in [-0.2, 0) is 23.1 Å². The number of hydrogen-bond donors (Lipinski definition) is 3. The number of rotatable bonds is 5. The summed E-state index contributed by atoms with van der Waals surface area (Å²) >= 11 is 0. The molecule has 1 heterocycles. The largest absolute Gasteiger partial charge is 0.459 e. The normalized spacial score (nSPS) is 11.9. The van der Waals surface area contributed by atoms with Crippen molar-refractivity contribution in [3.8, 4) is 0 Å². The van der Waals surface area contributed by atoms with Gasteiger partial charge in [0, 0.05) is 24.5 Å². The van der Waals surface area contributed by atoms with E-state index < -0.39 is 10.0 Å². The van der Waals surface area contributed by atoms with Gasteiger partial charge in [0.1, 0.15) is 11.3 Å². The van der Waals surface area contributed by atoms with Crippen molar-refractivity contribution in [2.24, 2.45) is 10.1 Å². The SMILES string of the molecule is CN=C(NCc1ccc(S(N)(=O)=O)cc1)NCc1oc2ccccc2c1C.I. The lowest BCUT2D eigenvalue weighted by atomic mass is 10.1. The molecule has 0 fully saturated rings. The molecule has 0 aliphatic carbocycles. The first kappa shape index (κ1) is 22.2. The summed E-state index contributed by atoms with van der Waals surface area (Å²) in [4.78, 5) is 4.29. The van der Waals surface area contributed by atoms with Crippen LogP contribution in [0.4, 0.5) is 0 Å². The van der Waals surface area contributed by atoms with Crippen molar-refractivity contribution in [1.29, 1.82) is 0 Å². The summed E-state index contributed by atoms with van der Waals surface area (Å²) < 4.78 is 28.5. The van der Waals surface area contributed by atoms with E-state index >= 15 is 0 Å². The van der Waals surface area contributed by atoms with Crippen molar-refractivity contribution >= 4 is 50.9 Å². The van der Waals surface area contributed by atoms with Gasteiger partial charge in [0.15, 0.2) is 5.96 Å². The molecule has 0 radical (unpaired) electrons. The van der Waals surface area contributed by atoms with Crippen molar-refractivity contribution in [3.63, 3.8) is 0 Å². The number of nitrogens with one attached hydrogen (secondary N) is 2. The number of fused-ring (bicyclic) bond motifs is 1. The summed E-state index contributed by atoms with van der Waals surface area (Å²) in [7, 11) is -1.99. The van der Waals surface area contributed by atoms with Crippen molar-refractivity contribution in [2.45, 2.75) is 24.9 Å². The maximum absolute atomic E-state index is 11.3. The van der Waals surface area contributed by atoms with Gasteiger partial charge in [-0.3, -0.25) is 4.99 Å². The van der Waals surface area contributed by atoms with E-state index in [0.717, 1.165) is 27.9 Å². The highest BCUT2D eigenvalue weighted by molar-refractivity contribution is 14.0. The number of aliphatic imine (C=N–C) groups is 1. The summed E-state index contributed by atoms with van der Waals surface area (Å²) in [5.74, 6) is 1.47. The number of hydrogen-bond acceptors (Lipinski definition) is 4. The molecule has 0 aliphatic rings. The van der Waals surface area contributed by atoms with Crippen LogP contribution in [0, 0.1) is 6.92 Å². The van der Waals surface area contributed by atoms with Crippen LogP contribution in [0.1, 0.15) is 16.9 Å². The summed E-state index contributed by atoms with van der Waals surface area (Å²) in [6, 6.07) is 14.3. The Hall–Kier alpha value is -2.11. The number of primary sulfonamides is 1. The Kier molecular flexibility index (Phi) is 7.44. The van der Waals surface area contributed by atoms with Crippen molar-refractivity contribution in [2.75, 3.05) is 7.05 Å². The van der Waals surface area contributed by atoms with Crippen LogP contribution >= 0.6 is 24.0 Å². The number of benzene rings is 2. The molecule has 4 N–H and O–H groups in total. The van der Waals surface area contributed by atoms with Gasteiger partial charge in [-0.05, 0) is 30.7 Å². The van der Waals surface area contributed by atoms with Gasteiger partial charge in [-0.25, -0.2) is 13.6 Å². The highest BCUT2D eigenvalue weighted by atomic mass is 127. The first-order valence-corrected chi connectivity index (χ1v) is 9.96. The quantitative estimate of drug-likeness (QED) is 0.276. The third kappa shape index (κ3) is 5.24. The number of para-hydroxylation sites is 1. The number of halogens is 1. The van der Waals surface area contributed by atoms with E-state index in [2.05, 4.69) is 15.6 Å². The lowest BCUT2D eigenvalue weighted by Gasteiger charge is -2.11. The van der Waals surface area contributed by atoms with Gasteiger partial charge in [0.2, 0.25) is 10.0 Å². The maximum Gasteiger partial charge on any atom is 0.238 e. The molecule has 7 nitrogen and oxygen atoms in total. The first-order chi connectivity index (χ1) is 12.9. The molecule has 3 aromatic rings. The van der Waals surface area contributed by atoms with Crippen LogP contribution in [0.5, 0.6) is 0 Å². The van der Waals surface area contributed by atoms with E-state index in [-0.39, 0.29) is 28.9 Å². The molecular formula is C19H23IN4O3S. The Bertz CT molecular complexity index is 1080. The average Bonchev–Trinajstić information content (AvgIpc) is 2.98. The molecule has 2 aromatic carbocycles. The van der Waals surface area contributed by atoms with E-state index in [1.165, 1.54) is 12.1 Å². The second kappa shape index (κ2) is 9.39. The number of aryl methyl sites for hydroxylation is 1. The molecule has 3 rings (SSSR count). The smallest absolute Gasteiger partial charge is 0.238 e. The highest BCUT2D eigenvalue weighted by Gasteiger charge is 2.10. The zero-order valence-corrected chi connectivity index (χ0v) is 18.7. The van der Waals surface area contributed by atoms with Crippen LogP contribution in [0.3, 0.4) is 0 Å². The summed E-state index contributed by atoms with van der Waals surface area (Å²) in [5, 5.41) is 12.6. The van der Waals surface area contributed by atoms with Crippen LogP contribution in [0.25, 0.3) is 11.0 Å². The van der Waals surface area contributed by atoms with Crippen LogP contribution in [0.15, 0.2) is 62.8 Å². The predicted molar refractivity (Wildman–Crippen MR) is 121 cm³/mol. The fourth-order valence-electron chi connectivity index (χ4n) is 2.76. The van der Waals surface area contributed by atoms with E-state index in [4.69, 9.17) is 9.56 Å². The Morgan fingerprint density at radius 3 is 2.32 bits per heavy atom. The number of nitrogens with zero attached hydrogens (tertiary/aromatic N) is 1. The van der Waals surface area contributed by atoms with Gasteiger partial charge in [-0.1, -0.05) is 30.3 Å². The average molecular weight is 514 g/mol. The number of sulfonamides is 1. The summed E-state index contributed by atoms with van der Waals surface area (Å²) in [6.07, 6.45) is 0.